The van der Waals surface area contributed by atoms with Gasteiger partial charge < -0.3 is 15.2 Å². The van der Waals surface area contributed by atoms with Gasteiger partial charge >= 0.3 is 0 Å². The standard InChI is InChI=1S/C11H14N2O2/c1-8-2-4-9(5-3-8)14-7-10-6-13-11(12)15-10/h2-5,10H,6-7H2,1H3,(H2,12,13). The summed E-state index contributed by atoms with van der Waals surface area (Å²) in [5.41, 5.74) is 6.60. The SMILES string of the molecule is Cc1ccc(OCC2CN=C(N)O2)cc1. The molecule has 0 aromatic heterocycles. The second-order valence-electron chi connectivity index (χ2n) is 3.54. The van der Waals surface area contributed by atoms with Crippen molar-refractivity contribution in [2.75, 3.05) is 13.2 Å². The average molecular weight is 206 g/mol. The highest BCUT2D eigenvalue weighted by Crippen LogP contribution is 2.12. The van der Waals surface area contributed by atoms with Crippen LogP contribution in [0.1, 0.15) is 5.56 Å². The summed E-state index contributed by atoms with van der Waals surface area (Å²) in [7, 11) is 0. The van der Waals surface area contributed by atoms with Gasteiger partial charge in [0.1, 0.15) is 12.4 Å². The molecule has 2 rings (SSSR count). The topological polar surface area (TPSA) is 56.8 Å². The first kappa shape index (κ1) is 9.83. The Kier molecular flexibility index (Phi) is 2.76. The highest BCUT2D eigenvalue weighted by atomic mass is 16.5. The van der Waals surface area contributed by atoms with Crippen molar-refractivity contribution in [3.05, 3.63) is 29.8 Å². The summed E-state index contributed by atoms with van der Waals surface area (Å²) in [5.74, 6) is 0.842. The van der Waals surface area contributed by atoms with E-state index in [0.717, 1.165) is 5.75 Å². The summed E-state index contributed by atoms with van der Waals surface area (Å²) < 4.78 is 10.7. The number of rotatable bonds is 3. The normalized spacial score (nSPS) is 19.5. The molecule has 1 unspecified atom stereocenters. The van der Waals surface area contributed by atoms with Crippen LogP contribution in [0.5, 0.6) is 5.75 Å². The zero-order valence-electron chi connectivity index (χ0n) is 8.64. The van der Waals surface area contributed by atoms with Crippen molar-refractivity contribution >= 4 is 6.02 Å². The predicted molar refractivity (Wildman–Crippen MR) is 58.0 cm³/mol. The lowest BCUT2D eigenvalue weighted by Gasteiger charge is -2.11. The first-order valence-electron chi connectivity index (χ1n) is 4.90. The van der Waals surface area contributed by atoms with Crippen LogP contribution in [0.4, 0.5) is 0 Å². The Hall–Kier alpha value is -1.71. The number of nitrogens with two attached hydrogens (primary N) is 1. The van der Waals surface area contributed by atoms with Crippen molar-refractivity contribution in [2.24, 2.45) is 10.7 Å². The number of hydrogen-bond donors (Lipinski definition) is 1. The van der Waals surface area contributed by atoms with Crippen LogP contribution in [-0.4, -0.2) is 25.3 Å². The van der Waals surface area contributed by atoms with Crippen LogP contribution >= 0.6 is 0 Å². The molecule has 1 atom stereocenters. The van der Waals surface area contributed by atoms with Crippen molar-refractivity contribution in [1.29, 1.82) is 0 Å². The van der Waals surface area contributed by atoms with Crippen LogP contribution < -0.4 is 10.5 Å². The molecule has 1 aliphatic heterocycles. The molecule has 0 saturated carbocycles. The molecule has 0 fully saturated rings. The van der Waals surface area contributed by atoms with Gasteiger partial charge in [0.15, 0.2) is 6.10 Å². The van der Waals surface area contributed by atoms with Crippen molar-refractivity contribution in [1.82, 2.24) is 0 Å². The summed E-state index contributed by atoms with van der Waals surface area (Å²) in [5, 5.41) is 0. The predicted octanol–water partition coefficient (Wildman–Crippen LogP) is 1.09. The molecule has 1 aromatic rings. The van der Waals surface area contributed by atoms with Gasteiger partial charge in [-0.1, -0.05) is 17.7 Å². The van der Waals surface area contributed by atoms with Crippen LogP contribution in [-0.2, 0) is 4.74 Å². The Morgan fingerprint density at radius 2 is 2.20 bits per heavy atom. The Morgan fingerprint density at radius 3 is 2.80 bits per heavy atom. The molecule has 2 N–H and O–H groups in total. The summed E-state index contributed by atoms with van der Waals surface area (Å²) in [4.78, 5) is 3.94. The molecule has 0 amide bonds. The van der Waals surface area contributed by atoms with Crippen molar-refractivity contribution in [3.63, 3.8) is 0 Å². The molecular formula is C11H14N2O2. The molecule has 1 aliphatic rings. The fraction of sp³-hybridized carbons (Fsp3) is 0.364. The molecule has 0 bridgehead atoms. The fourth-order valence-electron chi connectivity index (χ4n) is 1.35. The van der Waals surface area contributed by atoms with Crippen LogP contribution in [0.2, 0.25) is 0 Å². The van der Waals surface area contributed by atoms with Gasteiger partial charge in [-0.3, -0.25) is 0 Å². The number of nitrogens with zero attached hydrogens (tertiary/aromatic N) is 1. The minimum absolute atomic E-state index is 0.0497. The molecule has 0 radical (unpaired) electrons. The second-order valence-corrected chi connectivity index (χ2v) is 3.54. The summed E-state index contributed by atoms with van der Waals surface area (Å²) >= 11 is 0. The molecule has 0 aliphatic carbocycles. The first-order valence-corrected chi connectivity index (χ1v) is 4.90. The van der Waals surface area contributed by atoms with Crippen molar-refractivity contribution < 1.29 is 9.47 Å². The third-order valence-electron chi connectivity index (χ3n) is 2.20. The van der Waals surface area contributed by atoms with E-state index in [-0.39, 0.29) is 12.1 Å². The number of aryl methyl sites for hydroxylation is 1. The van der Waals surface area contributed by atoms with E-state index in [2.05, 4.69) is 4.99 Å². The van der Waals surface area contributed by atoms with Gasteiger partial charge in [-0.2, -0.15) is 0 Å². The van der Waals surface area contributed by atoms with Gasteiger partial charge in [0.25, 0.3) is 6.02 Å². The lowest BCUT2D eigenvalue weighted by atomic mass is 10.2. The Balaban J connectivity index is 1.81. The molecule has 4 heteroatoms. The van der Waals surface area contributed by atoms with E-state index < -0.39 is 0 Å². The third-order valence-corrected chi connectivity index (χ3v) is 2.20. The Morgan fingerprint density at radius 1 is 1.47 bits per heavy atom. The van der Waals surface area contributed by atoms with Crippen LogP contribution in [0.3, 0.4) is 0 Å². The van der Waals surface area contributed by atoms with Gasteiger partial charge in [-0.15, -0.1) is 0 Å². The van der Waals surface area contributed by atoms with Gasteiger partial charge in [0.05, 0.1) is 6.54 Å². The molecule has 15 heavy (non-hydrogen) atoms. The van der Waals surface area contributed by atoms with E-state index in [1.807, 2.05) is 31.2 Å². The van der Waals surface area contributed by atoms with Crippen molar-refractivity contribution in [2.45, 2.75) is 13.0 Å². The van der Waals surface area contributed by atoms with Crippen LogP contribution in [0.15, 0.2) is 29.3 Å². The molecule has 4 nitrogen and oxygen atoms in total. The number of amidine groups is 1. The lowest BCUT2D eigenvalue weighted by Crippen LogP contribution is -2.24. The monoisotopic (exact) mass is 206 g/mol. The fourth-order valence-corrected chi connectivity index (χ4v) is 1.35. The first-order chi connectivity index (χ1) is 7.24. The zero-order valence-corrected chi connectivity index (χ0v) is 8.64. The van der Waals surface area contributed by atoms with Crippen LogP contribution in [0.25, 0.3) is 0 Å². The molecule has 80 valence electrons. The largest absolute Gasteiger partial charge is 0.490 e. The highest BCUT2D eigenvalue weighted by molar-refractivity contribution is 5.72. The third kappa shape index (κ3) is 2.62. The quantitative estimate of drug-likeness (QED) is 0.805. The minimum atomic E-state index is -0.0497. The number of aliphatic imine (C=N–C) groups is 1. The van der Waals surface area contributed by atoms with E-state index in [1.165, 1.54) is 5.56 Å². The number of ether oxygens (including phenoxy) is 2. The Bertz CT molecular complexity index is 359. The summed E-state index contributed by atoms with van der Waals surface area (Å²) in [6, 6.07) is 8.15. The zero-order chi connectivity index (χ0) is 10.7. The van der Waals surface area contributed by atoms with Gasteiger partial charge in [-0.25, -0.2) is 4.99 Å². The maximum Gasteiger partial charge on any atom is 0.282 e. The smallest absolute Gasteiger partial charge is 0.282 e. The number of hydrogen-bond acceptors (Lipinski definition) is 4. The van der Waals surface area contributed by atoms with Gasteiger partial charge in [-0.05, 0) is 19.1 Å². The number of benzene rings is 1. The van der Waals surface area contributed by atoms with Crippen molar-refractivity contribution in [3.8, 4) is 5.75 Å². The molecule has 1 heterocycles. The second kappa shape index (κ2) is 4.21. The maximum atomic E-state index is 5.54. The average Bonchev–Trinajstić information content (AvgIpc) is 2.64. The molecular weight excluding hydrogens is 192 g/mol. The molecule has 1 aromatic carbocycles. The van der Waals surface area contributed by atoms with E-state index in [1.54, 1.807) is 0 Å². The summed E-state index contributed by atoms with van der Waals surface area (Å²) in [6.45, 7) is 3.10. The highest BCUT2D eigenvalue weighted by Gasteiger charge is 2.17. The van der Waals surface area contributed by atoms with E-state index in [0.29, 0.717) is 13.2 Å². The van der Waals surface area contributed by atoms with E-state index in [4.69, 9.17) is 15.2 Å². The maximum absolute atomic E-state index is 5.54. The Labute approximate surface area is 88.7 Å². The van der Waals surface area contributed by atoms with E-state index in [9.17, 15) is 0 Å². The lowest BCUT2D eigenvalue weighted by molar-refractivity contribution is 0.141. The minimum Gasteiger partial charge on any atom is -0.490 e. The molecule has 0 spiro atoms. The molecule has 0 saturated heterocycles. The van der Waals surface area contributed by atoms with E-state index >= 15 is 0 Å². The summed E-state index contributed by atoms with van der Waals surface area (Å²) in [6.07, 6.45) is -0.0497. The van der Waals surface area contributed by atoms with Crippen LogP contribution in [0, 0.1) is 6.92 Å². The van der Waals surface area contributed by atoms with Gasteiger partial charge in [0.2, 0.25) is 0 Å². The van der Waals surface area contributed by atoms with Gasteiger partial charge in [0, 0.05) is 0 Å².